The highest BCUT2D eigenvalue weighted by molar-refractivity contribution is 7.98. The molecule has 0 saturated heterocycles. The van der Waals surface area contributed by atoms with E-state index in [0.29, 0.717) is 44.6 Å². The molecule has 9 nitrogen and oxygen atoms in total. The third-order valence-electron chi connectivity index (χ3n) is 4.85. The van der Waals surface area contributed by atoms with Crippen molar-refractivity contribution in [2.45, 2.75) is 37.0 Å². The summed E-state index contributed by atoms with van der Waals surface area (Å²) >= 11 is 7.50. The van der Waals surface area contributed by atoms with Crippen molar-refractivity contribution in [1.82, 2.24) is 29.2 Å². The fourth-order valence-corrected chi connectivity index (χ4v) is 4.13. The summed E-state index contributed by atoms with van der Waals surface area (Å²) in [6, 6.07) is 7.20. The topological polar surface area (TPSA) is 109 Å². The van der Waals surface area contributed by atoms with Crippen LogP contribution in [0.25, 0.3) is 22.5 Å². The number of fused-ring (bicyclic) bond motifs is 1. The second-order valence-electron chi connectivity index (χ2n) is 8.29. The van der Waals surface area contributed by atoms with Gasteiger partial charge in [-0.05, 0) is 12.1 Å². The number of aromatic nitrogens is 6. The molecule has 32 heavy (non-hydrogen) atoms. The molecule has 166 valence electrons. The monoisotopic (exact) mass is 472 g/mol. The second-order valence-corrected chi connectivity index (χ2v) is 9.66. The highest BCUT2D eigenvalue weighted by atomic mass is 35.5. The van der Waals surface area contributed by atoms with E-state index >= 15 is 0 Å². The zero-order valence-electron chi connectivity index (χ0n) is 18.2. The minimum absolute atomic E-state index is 0.280. The van der Waals surface area contributed by atoms with Gasteiger partial charge in [-0.2, -0.15) is 4.98 Å². The predicted octanol–water partition coefficient (Wildman–Crippen LogP) is 3.32. The maximum atomic E-state index is 12.9. The van der Waals surface area contributed by atoms with Gasteiger partial charge in [-0.3, -0.25) is 13.9 Å². The third kappa shape index (κ3) is 3.95. The van der Waals surface area contributed by atoms with Gasteiger partial charge in [0.05, 0.1) is 16.3 Å². The number of thioether (sulfide) groups is 1. The largest absolute Gasteiger partial charge is 0.334 e. The van der Waals surface area contributed by atoms with Crippen LogP contribution in [-0.4, -0.2) is 29.2 Å². The zero-order valence-corrected chi connectivity index (χ0v) is 19.8. The van der Waals surface area contributed by atoms with Gasteiger partial charge in [-0.25, -0.2) is 14.8 Å². The maximum absolute atomic E-state index is 12.9. The van der Waals surface area contributed by atoms with Crippen molar-refractivity contribution in [3.05, 3.63) is 61.8 Å². The molecule has 0 radical (unpaired) electrons. The van der Waals surface area contributed by atoms with Crippen molar-refractivity contribution in [2.24, 2.45) is 14.1 Å². The van der Waals surface area contributed by atoms with Gasteiger partial charge < -0.3 is 4.52 Å². The Morgan fingerprint density at radius 3 is 2.47 bits per heavy atom. The van der Waals surface area contributed by atoms with Gasteiger partial charge in [-0.15, -0.1) is 0 Å². The summed E-state index contributed by atoms with van der Waals surface area (Å²) in [5.41, 5.74) is -0.338. The van der Waals surface area contributed by atoms with E-state index in [1.54, 1.807) is 19.2 Å². The highest BCUT2D eigenvalue weighted by Gasteiger charge is 2.24. The highest BCUT2D eigenvalue weighted by Crippen LogP contribution is 2.30. The normalized spacial score (nSPS) is 11.9. The van der Waals surface area contributed by atoms with E-state index in [9.17, 15) is 9.59 Å². The molecule has 0 atom stereocenters. The molecule has 0 bridgehead atoms. The smallest absolute Gasteiger partial charge is 0.332 e. The Morgan fingerprint density at radius 1 is 1.06 bits per heavy atom. The number of benzene rings is 1. The molecular weight excluding hydrogens is 452 g/mol. The first kappa shape index (κ1) is 22.2. The van der Waals surface area contributed by atoms with Crippen LogP contribution in [-0.2, 0) is 25.3 Å². The predicted molar refractivity (Wildman–Crippen MR) is 123 cm³/mol. The fourth-order valence-electron chi connectivity index (χ4n) is 3.06. The SMILES string of the molecule is Cn1c(=O)c2c(SCc3noc(-c4ccccc4Cl)n3)nc(C(C)(C)C)nc2n(C)c1=O. The lowest BCUT2D eigenvalue weighted by molar-refractivity contribution is 0.425. The average molecular weight is 473 g/mol. The van der Waals surface area contributed by atoms with Gasteiger partial charge in [0, 0.05) is 19.5 Å². The van der Waals surface area contributed by atoms with Crippen LogP contribution in [0.4, 0.5) is 0 Å². The molecule has 3 heterocycles. The zero-order chi connectivity index (χ0) is 23.2. The summed E-state index contributed by atoms with van der Waals surface area (Å²) in [6.07, 6.45) is 0. The van der Waals surface area contributed by atoms with E-state index in [4.69, 9.17) is 16.1 Å². The number of halogens is 1. The van der Waals surface area contributed by atoms with Crippen molar-refractivity contribution >= 4 is 34.4 Å². The first-order valence-electron chi connectivity index (χ1n) is 9.76. The summed E-state index contributed by atoms with van der Waals surface area (Å²) in [5.74, 6) is 1.57. The molecule has 0 aliphatic carbocycles. The Balaban J connectivity index is 1.77. The van der Waals surface area contributed by atoms with E-state index in [1.807, 2.05) is 32.9 Å². The molecule has 4 aromatic rings. The molecule has 0 fully saturated rings. The van der Waals surface area contributed by atoms with Crippen molar-refractivity contribution in [3.63, 3.8) is 0 Å². The van der Waals surface area contributed by atoms with E-state index in [2.05, 4.69) is 20.1 Å². The first-order chi connectivity index (χ1) is 15.1. The van der Waals surface area contributed by atoms with Gasteiger partial charge in [0.1, 0.15) is 16.2 Å². The summed E-state index contributed by atoms with van der Waals surface area (Å²) in [7, 11) is 3.03. The Hall–Kier alpha value is -2.98. The Kier molecular flexibility index (Phi) is 5.68. The Labute approximate surface area is 192 Å². The summed E-state index contributed by atoms with van der Waals surface area (Å²) < 4.78 is 7.77. The minimum Gasteiger partial charge on any atom is -0.334 e. The second kappa shape index (κ2) is 8.18. The molecule has 0 aliphatic rings. The van der Waals surface area contributed by atoms with Crippen LogP contribution < -0.4 is 11.2 Å². The van der Waals surface area contributed by atoms with Crippen LogP contribution in [0.1, 0.15) is 32.4 Å². The lowest BCUT2D eigenvalue weighted by Gasteiger charge is -2.19. The van der Waals surface area contributed by atoms with Crippen molar-refractivity contribution < 1.29 is 4.52 Å². The average Bonchev–Trinajstić information content (AvgIpc) is 3.22. The lowest BCUT2D eigenvalue weighted by Crippen LogP contribution is -2.38. The summed E-state index contributed by atoms with van der Waals surface area (Å²) in [6.45, 7) is 5.91. The molecule has 4 rings (SSSR count). The molecule has 0 aliphatic heterocycles. The van der Waals surface area contributed by atoms with E-state index < -0.39 is 11.2 Å². The molecular formula is C21H21ClN6O3S. The number of hydrogen-bond donors (Lipinski definition) is 0. The third-order valence-corrected chi connectivity index (χ3v) is 6.15. The molecule has 0 unspecified atom stereocenters. The molecule has 0 spiro atoms. The minimum atomic E-state index is -0.448. The van der Waals surface area contributed by atoms with Crippen molar-refractivity contribution in [3.8, 4) is 11.5 Å². The first-order valence-corrected chi connectivity index (χ1v) is 11.1. The molecule has 11 heteroatoms. The number of nitrogens with zero attached hydrogens (tertiary/aromatic N) is 6. The molecule has 0 amide bonds. The van der Waals surface area contributed by atoms with Gasteiger partial charge >= 0.3 is 5.69 Å². The van der Waals surface area contributed by atoms with Crippen LogP contribution >= 0.6 is 23.4 Å². The number of hydrogen-bond acceptors (Lipinski definition) is 8. The molecule has 0 N–H and O–H groups in total. The maximum Gasteiger partial charge on any atom is 0.332 e. The van der Waals surface area contributed by atoms with Gasteiger partial charge in [0.2, 0.25) is 0 Å². The number of aryl methyl sites for hydroxylation is 1. The van der Waals surface area contributed by atoms with E-state index in [0.717, 1.165) is 4.57 Å². The Morgan fingerprint density at radius 2 is 1.78 bits per heavy atom. The van der Waals surface area contributed by atoms with Gasteiger partial charge in [0.15, 0.2) is 11.5 Å². The fraction of sp³-hybridized carbons (Fsp3) is 0.333. The standard InChI is InChI=1S/C21H21ClN6O3S/c1-21(2,3)19-24-15-14(18(29)28(5)20(30)27(15)4)17(25-19)32-10-13-23-16(31-26-13)11-8-6-7-9-12(11)22/h6-9H,10H2,1-5H3. The van der Waals surface area contributed by atoms with Crippen molar-refractivity contribution in [1.29, 1.82) is 0 Å². The molecule has 3 aromatic heterocycles. The Bertz CT molecular complexity index is 1450. The lowest BCUT2D eigenvalue weighted by atomic mass is 9.96. The van der Waals surface area contributed by atoms with Gasteiger partial charge in [0.25, 0.3) is 11.4 Å². The summed E-state index contributed by atoms with van der Waals surface area (Å²) in [4.78, 5) is 39.0. The molecule has 1 aromatic carbocycles. The van der Waals surface area contributed by atoms with Crippen LogP contribution in [0.2, 0.25) is 5.02 Å². The van der Waals surface area contributed by atoms with Crippen molar-refractivity contribution in [2.75, 3.05) is 0 Å². The molecule has 0 saturated carbocycles. The number of rotatable bonds is 4. The van der Waals surface area contributed by atoms with Crippen LogP contribution in [0.3, 0.4) is 0 Å². The summed E-state index contributed by atoms with van der Waals surface area (Å²) in [5, 5.41) is 5.27. The van der Waals surface area contributed by atoms with Crippen LogP contribution in [0.5, 0.6) is 0 Å². The quantitative estimate of drug-likeness (QED) is 0.328. The van der Waals surface area contributed by atoms with E-state index in [1.165, 1.54) is 23.4 Å². The van der Waals surface area contributed by atoms with Gasteiger partial charge in [-0.1, -0.05) is 61.4 Å². The van der Waals surface area contributed by atoms with Crippen LogP contribution in [0.15, 0.2) is 43.4 Å². The van der Waals surface area contributed by atoms with E-state index in [-0.39, 0.29) is 10.8 Å². The van der Waals surface area contributed by atoms with Crippen LogP contribution in [0, 0.1) is 0 Å².